The minimum atomic E-state index is -2.98. The van der Waals surface area contributed by atoms with E-state index in [2.05, 4.69) is 15.0 Å². The van der Waals surface area contributed by atoms with Gasteiger partial charge in [0.2, 0.25) is 11.8 Å². The van der Waals surface area contributed by atoms with Crippen molar-refractivity contribution in [2.45, 2.75) is 110 Å². The molecule has 3 aliphatic rings. The Labute approximate surface area is 256 Å². The maximum atomic E-state index is 14.1. The Morgan fingerprint density at radius 3 is 2.64 bits per heavy atom. The van der Waals surface area contributed by atoms with Gasteiger partial charge in [0.15, 0.2) is 0 Å². The zero-order chi connectivity index (χ0) is 31.8. The minimum absolute atomic E-state index is 0.0432. The predicted octanol–water partition coefficient (Wildman–Crippen LogP) is 5.45. The smallest absolute Gasteiger partial charge is 0.408 e. The molecule has 1 N–H and O–H groups in total. The number of aldehydes is 1. The van der Waals surface area contributed by atoms with E-state index in [0.717, 1.165) is 38.4 Å². The Morgan fingerprint density at radius 1 is 1.18 bits per heavy atom. The van der Waals surface area contributed by atoms with E-state index in [1.54, 1.807) is 6.07 Å². The minimum Gasteiger partial charge on any atom is -0.471 e. The highest BCUT2D eigenvalue weighted by atomic mass is 19.3. The molecule has 5 rings (SSSR count). The second-order valence-corrected chi connectivity index (χ2v) is 13.5. The summed E-state index contributed by atoms with van der Waals surface area (Å²) in [4.78, 5) is 50.6. The standard InChI is InChI=1S/C32H42F2N4O6/c1-6-20-24(17-39)38-16-25(20)43-27-22(35-21-13-12-19(42-29(33)34)14-23(21)36-27)11-9-7-8-10-18-15-32(18,5)44-30(41)37-26(28(38)40)31(2,3)4/h12-14,17-18,20,24-26,29H,6-11,15-16H2,1-5H3,(H,37,41)/t18-,20+,24-,25+,26-,32-/m1/s1. The van der Waals surface area contributed by atoms with Crippen molar-refractivity contribution in [1.29, 1.82) is 0 Å². The summed E-state index contributed by atoms with van der Waals surface area (Å²) in [5, 5.41) is 2.81. The van der Waals surface area contributed by atoms with E-state index in [4.69, 9.17) is 14.5 Å². The predicted molar refractivity (Wildman–Crippen MR) is 157 cm³/mol. The normalized spacial score (nSPS) is 29.9. The van der Waals surface area contributed by atoms with Gasteiger partial charge in [-0.3, -0.25) is 4.79 Å². The van der Waals surface area contributed by atoms with Gasteiger partial charge in [0.25, 0.3) is 0 Å². The molecule has 1 aliphatic carbocycles. The molecular weight excluding hydrogens is 574 g/mol. The first kappa shape index (κ1) is 31.8. The Bertz CT molecular complexity index is 1400. The average molecular weight is 617 g/mol. The number of amides is 2. The number of halogens is 2. The van der Waals surface area contributed by atoms with Gasteiger partial charge in [0.1, 0.15) is 35.5 Å². The lowest BCUT2D eigenvalue weighted by Gasteiger charge is -2.35. The van der Waals surface area contributed by atoms with Crippen molar-refractivity contribution in [1.82, 2.24) is 20.2 Å². The van der Waals surface area contributed by atoms with E-state index in [0.29, 0.717) is 29.6 Å². The lowest BCUT2D eigenvalue weighted by Crippen LogP contribution is -2.56. The van der Waals surface area contributed by atoms with Crippen LogP contribution in [0.4, 0.5) is 13.6 Å². The van der Waals surface area contributed by atoms with Gasteiger partial charge in [0.05, 0.1) is 23.6 Å². The molecule has 2 amide bonds. The Morgan fingerprint density at radius 2 is 1.95 bits per heavy atom. The molecule has 0 unspecified atom stereocenters. The molecule has 0 spiro atoms. The van der Waals surface area contributed by atoms with Crippen molar-refractivity contribution in [3.63, 3.8) is 0 Å². The van der Waals surface area contributed by atoms with Gasteiger partial charge in [-0.15, -0.1) is 0 Å². The summed E-state index contributed by atoms with van der Waals surface area (Å²) in [7, 11) is 0. The van der Waals surface area contributed by atoms with Crippen LogP contribution in [-0.4, -0.2) is 70.1 Å². The van der Waals surface area contributed by atoms with E-state index in [9.17, 15) is 23.2 Å². The Balaban J connectivity index is 1.52. The molecule has 2 fully saturated rings. The number of alkyl carbamates (subject to hydrolysis) is 1. The van der Waals surface area contributed by atoms with Gasteiger partial charge in [-0.25, -0.2) is 14.8 Å². The number of nitrogens with zero attached hydrogens (tertiary/aromatic N) is 3. The van der Waals surface area contributed by atoms with Crippen molar-refractivity contribution >= 4 is 29.3 Å². The Kier molecular flexibility index (Phi) is 9.00. The molecule has 3 heterocycles. The van der Waals surface area contributed by atoms with Crippen molar-refractivity contribution in [3.8, 4) is 11.6 Å². The molecule has 10 nitrogen and oxygen atoms in total. The van der Waals surface area contributed by atoms with E-state index < -0.39 is 47.8 Å². The first-order valence-electron chi connectivity index (χ1n) is 15.5. The van der Waals surface area contributed by atoms with Crippen LogP contribution >= 0.6 is 0 Å². The fraction of sp³-hybridized carbons (Fsp3) is 0.656. The number of benzene rings is 1. The number of nitrogens with one attached hydrogen (secondary N) is 1. The summed E-state index contributed by atoms with van der Waals surface area (Å²) in [5.74, 6) is -0.300. The van der Waals surface area contributed by atoms with Crippen molar-refractivity contribution in [2.24, 2.45) is 17.3 Å². The number of hydrogen-bond donors (Lipinski definition) is 1. The van der Waals surface area contributed by atoms with Crippen LogP contribution < -0.4 is 14.8 Å². The van der Waals surface area contributed by atoms with E-state index in [1.165, 1.54) is 17.0 Å². The number of carbonyl (C=O) groups excluding carboxylic acids is 3. The van der Waals surface area contributed by atoms with Crippen LogP contribution in [0.2, 0.25) is 0 Å². The fourth-order valence-corrected chi connectivity index (χ4v) is 6.57. The molecule has 2 bridgehead atoms. The van der Waals surface area contributed by atoms with E-state index in [-0.39, 0.29) is 30.0 Å². The molecule has 2 aliphatic heterocycles. The van der Waals surface area contributed by atoms with Crippen LogP contribution in [0, 0.1) is 17.3 Å². The first-order chi connectivity index (χ1) is 20.8. The quantitative estimate of drug-likeness (QED) is 0.451. The monoisotopic (exact) mass is 616 g/mol. The van der Waals surface area contributed by atoms with Crippen molar-refractivity contribution in [2.75, 3.05) is 6.54 Å². The number of carbonyl (C=O) groups is 3. The summed E-state index contributed by atoms with van der Waals surface area (Å²) in [6.07, 6.45) is 4.97. The summed E-state index contributed by atoms with van der Waals surface area (Å²) >= 11 is 0. The third-order valence-electron chi connectivity index (χ3n) is 9.23. The number of hydrogen-bond acceptors (Lipinski definition) is 8. The molecule has 1 aromatic heterocycles. The SMILES string of the molecule is CC[C@@H]1[C@@H]2CN(C(=O)[C@H](C(C)(C)C)NC(=O)O[C@]3(C)C[C@H]3CCCCCc3nc4ccc(OC(F)F)cc4nc3O2)[C@@H]1C=O. The summed E-state index contributed by atoms with van der Waals surface area (Å²) in [5.41, 5.74) is 0.230. The van der Waals surface area contributed by atoms with Crippen LogP contribution in [0.1, 0.15) is 78.8 Å². The highest BCUT2D eigenvalue weighted by Gasteiger charge is 2.54. The lowest BCUT2D eigenvalue weighted by atomic mass is 9.85. The molecule has 0 radical (unpaired) electrons. The van der Waals surface area contributed by atoms with E-state index in [1.807, 2.05) is 34.6 Å². The van der Waals surface area contributed by atoms with Crippen LogP contribution in [0.15, 0.2) is 18.2 Å². The molecule has 240 valence electrons. The lowest BCUT2D eigenvalue weighted by molar-refractivity contribution is -0.139. The highest BCUT2D eigenvalue weighted by molar-refractivity contribution is 5.89. The Hall–Kier alpha value is -3.57. The van der Waals surface area contributed by atoms with Crippen LogP contribution in [-0.2, 0) is 20.7 Å². The second-order valence-electron chi connectivity index (χ2n) is 13.5. The fourth-order valence-electron chi connectivity index (χ4n) is 6.57. The molecule has 1 aromatic carbocycles. The van der Waals surface area contributed by atoms with Gasteiger partial charge >= 0.3 is 12.7 Å². The average Bonchev–Trinajstić information content (AvgIpc) is 3.43. The molecule has 1 saturated carbocycles. The molecule has 2 aromatic rings. The first-order valence-corrected chi connectivity index (χ1v) is 15.5. The van der Waals surface area contributed by atoms with Gasteiger partial charge in [-0.2, -0.15) is 8.78 Å². The number of alkyl halides is 2. The van der Waals surface area contributed by atoms with Gasteiger partial charge in [-0.1, -0.05) is 40.5 Å². The third-order valence-corrected chi connectivity index (χ3v) is 9.23. The summed E-state index contributed by atoms with van der Waals surface area (Å²) in [6, 6.07) is 2.69. The maximum absolute atomic E-state index is 14.1. The molecule has 44 heavy (non-hydrogen) atoms. The molecule has 12 heteroatoms. The van der Waals surface area contributed by atoms with Crippen molar-refractivity contribution < 1.29 is 37.4 Å². The number of aryl methyl sites for hydroxylation is 1. The second kappa shape index (κ2) is 12.4. The number of fused-ring (bicyclic) bond motifs is 5. The summed E-state index contributed by atoms with van der Waals surface area (Å²) in [6.45, 7) is 6.51. The van der Waals surface area contributed by atoms with Gasteiger partial charge in [-0.05, 0) is 56.6 Å². The number of rotatable bonds is 4. The molecule has 6 atom stereocenters. The zero-order valence-electron chi connectivity index (χ0n) is 26.0. The van der Waals surface area contributed by atoms with Gasteiger partial charge < -0.3 is 29.2 Å². The van der Waals surface area contributed by atoms with Crippen LogP contribution in [0.5, 0.6) is 11.6 Å². The van der Waals surface area contributed by atoms with Crippen LogP contribution in [0.25, 0.3) is 11.0 Å². The molecule has 1 saturated heterocycles. The maximum Gasteiger partial charge on any atom is 0.408 e. The topological polar surface area (TPSA) is 120 Å². The third kappa shape index (κ3) is 6.73. The van der Waals surface area contributed by atoms with Crippen LogP contribution in [0.3, 0.4) is 0 Å². The summed E-state index contributed by atoms with van der Waals surface area (Å²) < 4.78 is 42.7. The van der Waals surface area contributed by atoms with Crippen molar-refractivity contribution in [3.05, 3.63) is 23.9 Å². The molecular formula is C32H42F2N4O6. The number of aromatic nitrogens is 2. The number of ether oxygens (including phenoxy) is 3. The van der Waals surface area contributed by atoms with Gasteiger partial charge in [0, 0.05) is 17.9 Å². The van der Waals surface area contributed by atoms with E-state index >= 15 is 0 Å². The zero-order valence-corrected chi connectivity index (χ0v) is 26.0. The highest BCUT2D eigenvalue weighted by Crippen LogP contribution is 2.49. The largest absolute Gasteiger partial charge is 0.471 e.